The number of Topliss-reactive ketones (excluding diaryl/α,β-unsaturated/α-hetero) is 1. The Bertz CT molecular complexity index is 361. The Labute approximate surface area is 95.2 Å². The monoisotopic (exact) mass is 226 g/mol. The molecule has 1 aromatic rings. The number of aryl methyl sites for hydroxylation is 1. The van der Waals surface area contributed by atoms with Crippen molar-refractivity contribution in [2.75, 3.05) is 6.61 Å². The van der Waals surface area contributed by atoms with E-state index in [2.05, 4.69) is 0 Å². The average molecular weight is 227 g/mol. The molecule has 0 bridgehead atoms. The van der Waals surface area contributed by atoms with Crippen molar-refractivity contribution in [2.45, 2.75) is 26.1 Å². The lowest BCUT2D eigenvalue weighted by Crippen LogP contribution is -2.07. The molecule has 0 aliphatic heterocycles. The van der Waals surface area contributed by atoms with Crippen LogP contribution >= 0.6 is 11.6 Å². The summed E-state index contributed by atoms with van der Waals surface area (Å²) in [5.41, 5.74) is 1.77. The summed E-state index contributed by atoms with van der Waals surface area (Å²) < 4.78 is 5.45. The minimum Gasteiger partial charge on any atom is -0.494 e. The molecule has 2 nitrogen and oxygen atoms in total. The van der Waals surface area contributed by atoms with Gasteiger partial charge in [0.25, 0.3) is 0 Å². The maximum Gasteiger partial charge on any atom is 0.152 e. The molecular weight excluding hydrogens is 212 g/mol. The fraction of sp³-hybridized carbons (Fsp3) is 0.417. The van der Waals surface area contributed by atoms with Crippen LogP contribution in [0.5, 0.6) is 5.75 Å². The van der Waals surface area contributed by atoms with Crippen LogP contribution < -0.4 is 4.74 Å². The molecule has 1 unspecified atom stereocenters. The summed E-state index contributed by atoms with van der Waals surface area (Å²) in [6.45, 7) is 5.89. The van der Waals surface area contributed by atoms with Gasteiger partial charge in [0.2, 0.25) is 0 Å². The van der Waals surface area contributed by atoms with Crippen LogP contribution in [0.4, 0.5) is 0 Å². The van der Waals surface area contributed by atoms with Crippen LogP contribution in [0.25, 0.3) is 0 Å². The van der Waals surface area contributed by atoms with E-state index < -0.39 is 5.38 Å². The zero-order chi connectivity index (χ0) is 11.4. The molecule has 0 spiro atoms. The van der Waals surface area contributed by atoms with E-state index in [1.165, 1.54) is 6.92 Å². The Kier molecular flexibility index (Phi) is 4.15. The summed E-state index contributed by atoms with van der Waals surface area (Å²) in [6.07, 6.45) is 0. The number of halogens is 1. The third-order valence-corrected chi connectivity index (χ3v) is 2.72. The zero-order valence-electron chi connectivity index (χ0n) is 9.21. The molecule has 1 atom stereocenters. The maximum absolute atomic E-state index is 11.3. The number of ether oxygens (including phenoxy) is 1. The lowest BCUT2D eigenvalue weighted by atomic mass is 10.0. The molecule has 0 saturated carbocycles. The zero-order valence-corrected chi connectivity index (χ0v) is 9.97. The van der Waals surface area contributed by atoms with E-state index in [-0.39, 0.29) is 5.78 Å². The van der Waals surface area contributed by atoms with Gasteiger partial charge in [-0.05, 0) is 32.4 Å². The van der Waals surface area contributed by atoms with Gasteiger partial charge >= 0.3 is 0 Å². The first-order valence-electron chi connectivity index (χ1n) is 4.94. The predicted molar refractivity (Wildman–Crippen MR) is 61.6 cm³/mol. The third-order valence-electron chi connectivity index (χ3n) is 2.19. The largest absolute Gasteiger partial charge is 0.494 e. The molecular formula is C12H15ClO2. The topological polar surface area (TPSA) is 26.3 Å². The highest BCUT2D eigenvalue weighted by Crippen LogP contribution is 2.33. The van der Waals surface area contributed by atoms with E-state index in [1.807, 2.05) is 32.0 Å². The fourth-order valence-corrected chi connectivity index (χ4v) is 1.74. The van der Waals surface area contributed by atoms with Crippen LogP contribution in [0.15, 0.2) is 18.2 Å². The van der Waals surface area contributed by atoms with Crippen molar-refractivity contribution in [1.29, 1.82) is 0 Å². The van der Waals surface area contributed by atoms with Gasteiger partial charge in [0.1, 0.15) is 11.1 Å². The minimum atomic E-state index is -0.618. The van der Waals surface area contributed by atoms with Crippen molar-refractivity contribution < 1.29 is 9.53 Å². The van der Waals surface area contributed by atoms with Crippen LogP contribution in [-0.4, -0.2) is 12.4 Å². The van der Waals surface area contributed by atoms with Gasteiger partial charge in [-0.15, -0.1) is 11.6 Å². The van der Waals surface area contributed by atoms with E-state index in [0.717, 1.165) is 11.1 Å². The van der Waals surface area contributed by atoms with Crippen molar-refractivity contribution in [3.05, 3.63) is 29.3 Å². The van der Waals surface area contributed by atoms with Crippen molar-refractivity contribution >= 4 is 17.4 Å². The van der Waals surface area contributed by atoms with E-state index in [0.29, 0.717) is 12.4 Å². The number of hydrogen-bond acceptors (Lipinski definition) is 2. The van der Waals surface area contributed by atoms with E-state index in [9.17, 15) is 4.79 Å². The first kappa shape index (κ1) is 12.1. The number of carbonyl (C=O) groups excluding carboxylic acids is 1. The van der Waals surface area contributed by atoms with Crippen LogP contribution in [0.2, 0.25) is 0 Å². The molecule has 0 radical (unpaired) electrons. The van der Waals surface area contributed by atoms with Crippen LogP contribution in [-0.2, 0) is 4.79 Å². The molecule has 3 heteroatoms. The SMILES string of the molecule is CCOc1cccc(C)c1C(Cl)C(C)=O. The number of carbonyl (C=O) groups is 1. The molecule has 0 aliphatic carbocycles. The van der Waals surface area contributed by atoms with Crippen LogP contribution in [0, 0.1) is 6.92 Å². The summed E-state index contributed by atoms with van der Waals surface area (Å²) >= 11 is 6.06. The van der Waals surface area contributed by atoms with Gasteiger partial charge in [-0.25, -0.2) is 0 Å². The summed E-state index contributed by atoms with van der Waals surface area (Å²) in [7, 11) is 0. The highest BCUT2D eigenvalue weighted by Gasteiger charge is 2.19. The molecule has 0 N–H and O–H groups in total. The Hall–Kier alpha value is -1.02. The lowest BCUT2D eigenvalue weighted by molar-refractivity contribution is -0.116. The van der Waals surface area contributed by atoms with E-state index in [4.69, 9.17) is 16.3 Å². The lowest BCUT2D eigenvalue weighted by Gasteiger charge is -2.15. The predicted octanol–water partition coefficient (Wildman–Crippen LogP) is 3.26. The Balaban J connectivity index is 3.17. The van der Waals surface area contributed by atoms with E-state index >= 15 is 0 Å². The number of rotatable bonds is 4. The molecule has 0 saturated heterocycles. The molecule has 1 rings (SSSR count). The number of hydrogen-bond donors (Lipinski definition) is 0. The van der Waals surface area contributed by atoms with Gasteiger partial charge in [0.05, 0.1) is 6.61 Å². The van der Waals surface area contributed by atoms with Gasteiger partial charge < -0.3 is 4.74 Å². The first-order valence-corrected chi connectivity index (χ1v) is 5.38. The molecule has 1 aromatic carbocycles. The van der Waals surface area contributed by atoms with Crippen molar-refractivity contribution in [2.24, 2.45) is 0 Å². The van der Waals surface area contributed by atoms with Crippen LogP contribution in [0.3, 0.4) is 0 Å². The molecule has 15 heavy (non-hydrogen) atoms. The summed E-state index contributed by atoms with van der Waals surface area (Å²) in [5, 5.41) is -0.618. The summed E-state index contributed by atoms with van der Waals surface area (Å²) in [5.74, 6) is 0.639. The summed E-state index contributed by atoms with van der Waals surface area (Å²) in [6, 6.07) is 5.66. The second-order valence-corrected chi connectivity index (χ2v) is 3.83. The van der Waals surface area contributed by atoms with E-state index in [1.54, 1.807) is 0 Å². The molecule has 0 fully saturated rings. The number of ketones is 1. The van der Waals surface area contributed by atoms with Gasteiger partial charge in [-0.3, -0.25) is 4.79 Å². The fourth-order valence-electron chi connectivity index (χ4n) is 1.46. The Morgan fingerprint density at radius 1 is 1.53 bits per heavy atom. The van der Waals surface area contributed by atoms with Gasteiger partial charge in [-0.1, -0.05) is 12.1 Å². The Morgan fingerprint density at radius 2 is 2.20 bits per heavy atom. The van der Waals surface area contributed by atoms with Gasteiger partial charge in [0.15, 0.2) is 5.78 Å². The van der Waals surface area contributed by atoms with Crippen LogP contribution in [0.1, 0.15) is 30.4 Å². The highest BCUT2D eigenvalue weighted by atomic mass is 35.5. The highest BCUT2D eigenvalue weighted by molar-refractivity contribution is 6.31. The minimum absolute atomic E-state index is 0.0630. The smallest absolute Gasteiger partial charge is 0.152 e. The number of alkyl halides is 1. The second kappa shape index (κ2) is 5.17. The Morgan fingerprint density at radius 3 is 2.73 bits per heavy atom. The average Bonchev–Trinajstić information content (AvgIpc) is 2.17. The van der Waals surface area contributed by atoms with Crippen molar-refractivity contribution in [3.63, 3.8) is 0 Å². The molecule has 0 aromatic heterocycles. The van der Waals surface area contributed by atoms with Crippen molar-refractivity contribution in [3.8, 4) is 5.75 Å². The molecule has 0 amide bonds. The van der Waals surface area contributed by atoms with Crippen molar-refractivity contribution in [1.82, 2.24) is 0 Å². The molecule has 0 aliphatic rings. The number of benzene rings is 1. The quantitative estimate of drug-likeness (QED) is 0.737. The standard InChI is InChI=1S/C12H15ClO2/c1-4-15-10-7-5-6-8(2)11(10)12(13)9(3)14/h5-7,12H,4H2,1-3H3. The maximum atomic E-state index is 11.3. The normalized spacial score (nSPS) is 12.3. The van der Waals surface area contributed by atoms with Gasteiger partial charge in [-0.2, -0.15) is 0 Å². The third kappa shape index (κ3) is 2.72. The first-order chi connectivity index (χ1) is 7.07. The van der Waals surface area contributed by atoms with Gasteiger partial charge in [0, 0.05) is 5.56 Å². The second-order valence-electron chi connectivity index (χ2n) is 3.39. The summed E-state index contributed by atoms with van der Waals surface area (Å²) in [4.78, 5) is 11.3. The molecule has 0 heterocycles. The molecule has 82 valence electrons.